The minimum atomic E-state index is -0.375. The number of nitrogens with one attached hydrogen (secondary N) is 2. The number of methoxy groups -OCH3 is 1. The molecule has 0 aromatic heterocycles. The Morgan fingerprint density at radius 1 is 1.42 bits per heavy atom. The van der Waals surface area contributed by atoms with Gasteiger partial charge in [-0.3, -0.25) is 4.79 Å². The van der Waals surface area contributed by atoms with Crippen LogP contribution in [0.15, 0.2) is 24.3 Å². The molecule has 4 nitrogen and oxygen atoms in total. The maximum Gasteiger partial charge on any atom is 0.240 e. The Morgan fingerprint density at radius 3 is 2.74 bits per heavy atom. The van der Waals surface area contributed by atoms with E-state index < -0.39 is 0 Å². The van der Waals surface area contributed by atoms with E-state index in [1.165, 1.54) is 5.56 Å². The Labute approximate surface area is 114 Å². The molecule has 0 spiro atoms. The van der Waals surface area contributed by atoms with E-state index in [1.807, 2.05) is 31.2 Å². The molecule has 1 unspecified atom stereocenters. The lowest BCUT2D eigenvalue weighted by Gasteiger charge is -2.23. The van der Waals surface area contributed by atoms with Gasteiger partial charge in [-0.05, 0) is 50.4 Å². The third-order valence-electron chi connectivity index (χ3n) is 3.73. The average Bonchev–Trinajstić information content (AvgIpc) is 2.88. The zero-order valence-corrected chi connectivity index (χ0v) is 11.7. The SMILES string of the molecule is COc1ccc(CCNC(=O)C2(C)CCCN2)cc1. The Balaban J connectivity index is 1.78. The maximum atomic E-state index is 12.1. The first-order chi connectivity index (χ1) is 9.14. The van der Waals surface area contributed by atoms with Crippen LogP contribution >= 0.6 is 0 Å². The first-order valence-electron chi connectivity index (χ1n) is 6.80. The summed E-state index contributed by atoms with van der Waals surface area (Å²) in [4.78, 5) is 12.1. The molecule has 104 valence electrons. The summed E-state index contributed by atoms with van der Waals surface area (Å²) < 4.78 is 5.11. The first-order valence-corrected chi connectivity index (χ1v) is 6.80. The van der Waals surface area contributed by atoms with Gasteiger partial charge < -0.3 is 15.4 Å². The van der Waals surface area contributed by atoms with Crippen molar-refractivity contribution in [1.29, 1.82) is 0 Å². The summed E-state index contributed by atoms with van der Waals surface area (Å²) in [5.74, 6) is 0.967. The fourth-order valence-corrected chi connectivity index (χ4v) is 2.40. The van der Waals surface area contributed by atoms with Gasteiger partial charge in [-0.15, -0.1) is 0 Å². The van der Waals surface area contributed by atoms with Crippen molar-refractivity contribution < 1.29 is 9.53 Å². The predicted octanol–water partition coefficient (Wildman–Crippen LogP) is 1.50. The molecule has 1 saturated heterocycles. The second-order valence-electron chi connectivity index (χ2n) is 5.22. The molecule has 0 radical (unpaired) electrons. The number of benzene rings is 1. The molecule has 1 atom stereocenters. The van der Waals surface area contributed by atoms with E-state index >= 15 is 0 Å². The topological polar surface area (TPSA) is 50.4 Å². The minimum absolute atomic E-state index is 0.110. The first kappa shape index (κ1) is 13.9. The Bertz CT molecular complexity index is 422. The number of hydrogen-bond donors (Lipinski definition) is 2. The van der Waals surface area contributed by atoms with E-state index in [4.69, 9.17) is 4.74 Å². The Hall–Kier alpha value is -1.55. The molecule has 1 fully saturated rings. The zero-order valence-electron chi connectivity index (χ0n) is 11.7. The van der Waals surface area contributed by atoms with Crippen LogP contribution in [0.2, 0.25) is 0 Å². The molecule has 0 saturated carbocycles. The number of ether oxygens (including phenoxy) is 1. The van der Waals surface area contributed by atoms with Gasteiger partial charge in [0.25, 0.3) is 0 Å². The molecule has 1 aromatic rings. The van der Waals surface area contributed by atoms with Gasteiger partial charge in [-0.1, -0.05) is 12.1 Å². The largest absolute Gasteiger partial charge is 0.497 e. The molecule has 0 bridgehead atoms. The van der Waals surface area contributed by atoms with Crippen molar-refractivity contribution in [3.05, 3.63) is 29.8 Å². The van der Waals surface area contributed by atoms with Gasteiger partial charge in [0.05, 0.1) is 12.6 Å². The van der Waals surface area contributed by atoms with Crippen LogP contribution in [0.3, 0.4) is 0 Å². The molecular formula is C15H22N2O2. The monoisotopic (exact) mass is 262 g/mol. The fourth-order valence-electron chi connectivity index (χ4n) is 2.40. The van der Waals surface area contributed by atoms with Gasteiger partial charge in [-0.2, -0.15) is 0 Å². The highest BCUT2D eigenvalue weighted by Gasteiger charge is 2.35. The number of amides is 1. The zero-order chi connectivity index (χ0) is 13.7. The van der Waals surface area contributed by atoms with Crippen LogP contribution in [0, 0.1) is 0 Å². The summed E-state index contributed by atoms with van der Waals surface area (Å²) in [6, 6.07) is 7.94. The van der Waals surface area contributed by atoms with Gasteiger partial charge in [0.2, 0.25) is 5.91 Å². The van der Waals surface area contributed by atoms with Gasteiger partial charge in [0, 0.05) is 6.54 Å². The number of rotatable bonds is 5. The Morgan fingerprint density at radius 2 is 2.16 bits per heavy atom. The molecule has 1 heterocycles. The second-order valence-corrected chi connectivity index (χ2v) is 5.22. The van der Waals surface area contributed by atoms with Crippen LogP contribution in [-0.2, 0) is 11.2 Å². The third-order valence-corrected chi connectivity index (χ3v) is 3.73. The van der Waals surface area contributed by atoms with Crippen molar-refractivity contribution in [3.63, 3.8) is 0 Å². The molecule has 1 amide bonds. The Kier molecular flexibility index (Phi) is 4.43. The average molecular weight is 262 g/mol. The predicted molar refractivity (Wildman–Crippen MR) is 75.3 cm³/mol. The van der Waals surface area contributed by atoms with E-state index in [1.54, 1.807) is 7.11 Å². The summed E-state index contributed by atoms with van der Waals surface area (Å²) in [5.41, 5.74) is 0.825. The number of carbonyl (C=O) groups excluding carboxylic acids is 1. The van der Waals surface area contributed by atoms with E-state index in [9.17, 15) is 4.79 Å². The summed E-state index contributed by atoms with van der Waals surface area (Å²) in [5, 5.41) is 6.28. The standard InChI is InChI=1S/C15H22N2O2/c1-15(9-3-10-17-15)14(18)16-11-8-12-4-6-13(19-2)7-5-12/h4-7,17H,3,8-11H2,1-2H3,(H,16,18). The van der Waals surface area contributed by atoms with Gasteiger partial charge >= 0.3 is 0 Å². The van der Waals surface area contributed by atoms with Crippen LogP contribution in [-0.4, -0.2) is 31.6 Å². The van der Waals surface area contributed by atoms with E-state index in [0.29, 0.717) is 6.54 Å². The second kappa shape index (κ2) is 6.06. The molecule has 1 aliphatic rings. The van der Waals surface area contributed by atoms with E-state index in [2.05, 4.69) is 10.6 Å². The summed E-state index contributed by atoms with van der Waals surface area (Å²) in [6.45, 7) is 3.58. The van der Waals surface area contributed by atoms with Crippen molar-refractivity contribution in [2.45, 2.75) is 31.7 Å². The lowest BCUT2D eigenvalue weighted by Crippen LogP contribution is -2.51. The summed E-state index contributed by atoms with van der Waals surface area (Å²) >= 11 is 0. The molecule has 0 aliphatic carbocycles. The van der Waals surface area contributed by atoms with Crippen molar-refractivity contribution in [2.75, 3.05) is 20.2 Å². The van der Waals surface area contributed by atoms with Crippen molar-refractivity contribution >= 4 is 5.91 Å². The number of carbonyl (C=O) groups is 1. The van der Waals surface area contributed by atoms with Crippen molar-refractivity contribution in [3.8, 4) is 5.75 Å². The van der Waals surface area contributed by atoms with Crippen LogP contribution in [0.5, 0.6) is 5.75 Å². The molecule has 19 heavy (non-hydrogen) atoms. The van der Waals surface area contributed by atoms with Crippen molar-refractivity contribution in [1.82, 2.24) is 10.6 Å². The molecular weight excluding hydrogens is 240 g/mol. The van der Waals surface area contributed by atoms with Crippen LogP contribution in [0.4, 0.5) is 0 Å². The molecule has 1 aliphatic heterocycles. The smallest absolute Gasteiger partial charge is 0.240 e. The normalized spacial score (nSPS) is 22.2. The van der Waals surface area contributed by atoms with Crippen LogP contribution in [0.1, 0.15) is 25.3 Å². The molecule has 1 aromatic carbocycles. The third kappa shape index (κ3) is 3.47. The van der Waals surface area contributed by atoms with Gasteiger partial charge in [-0.25, -0.2) is 0 Å². The van der Waals surface area contributed by atoms with Gasteiger partial charge in [0.1, 0.15) is 5.75 Å². The molecule has 4 heteroatoms. The van der Waals surface area contributed by atoms with E-state index in [-0.39, 0.29) is 11.4 Å². The highest BCUT2D eigenvalue weighted by Crippen LogP contribution is 2.18. The van der Waals surface area contributed by atoms with Gasteiger partial charge in [0.15, 0.2) is 0 Å². The molecule has 2 rings (SSSR count). The number of hydrogen-bond acceptors (Lipinski definition) is 3. The highest BCUT2D eigenvalue weighted by atomic mass is 16.5. The lowest BCUT2D eigenvalue weighted by molar-refractivity contribution is -0.126. The van der Waals surface area contributed by atoms with Crippen molar-refractivity contribution in [2.24, 2.45) is 0 Å². The minimum Gasteiger partial charge on any atom is -0.497 e. The lowest BCUT2D eigenvalue weighted by atomic mass is 9.99. The quantitative estimate of drug-likeness (QED) is 0.845. The maximum absolute atomic E-state index is 12.1. The fraction of sp³-hybridized carbons (Fsp3) is 0.533. The highest BCUT2D eigenvalue weighted by molar-refractivity contribution is 5.86. The molecule has 2 N–H and O–H groups in total. The van der Waals surface area contributed by atoms with Crippen LogP contribution in [0.25, 0.3) is 0 Å². The van der Waals surface area contributed by atoms with Crippen LogP contribution < -0.4 is 15.4 Å². The van der Waals surface area contributed by atoms with E-state index in [0.717, 1.165) is 31.6 Å². The summed E-state index contributed by atoms with van der Waals surface area (Å²) in [7, 11) is 1.66. The summed E-state index contributed by atoms with van der Waals surface area (Å²) in [6.07, 6.45) is 2.83.